The summed E-state index contributed by atoms with van der Waals surface area (Å²) < 4.78 is 0. The van der Waals surface area contributed by atoms with Gasteiger partial charge in [-0.25, -0.2) is 4.98 Å². The van der Waals surface area contributed by atoms with Crippen molar-refractivity contribution in [2.45, 2.75) is 38.3 Å². The molecular weight excluding hydrogens is 230 g/mol. The van der Waals surface area contributed by atoms with E-state index in [0.717, 1.165) is 18.5 Å². The number of aromatic nitrogens is 1. The van der Waals surface area contributed by atoms with E-state index in [9.17, 15) is 0 Å². The molecule has 94 valence electrons. The van der Waals surface area contributed by atoms with Crippen molar-refractivity contribution in [3.05, 3.63) is 16.6 Å². The molecule has 1 aromatic heterocycles. The summed E-state index contributed by atoms with van der Waals surface area (Å²) in [6.45, 7) is 4.77. The standard InChI is InChI=1S/C13H21N3S/c1-2-11(8-15-12-3-4-12)9-16(6-1)10-13-14-5-7-17-13/h5,7,11-12,15H,1-4,6,8-10H2. The fraction of sp³-hybridized carbons (Fsp3) is 0.769. The average Bonchev–Trinajstić information content (AvgIpc) is 3.05. The van der Waals surface area contributed by atoms with Crippen LogP contribution in [0.2, 0.25) is 0 Å². The van der Waals surface area contributed by atoms with Crippen LogP contribution in [0.25, 0.3) is 0 Å². The van der Waals surface area contributed by atoms with Crippen molar-refractivity contribution in [2.24, 2.45) is 5.92 Å². The molecule has 1 saturated heterocycles. The molecule has 1 N–H and O–H groups in total. The largest absolute Gasteiger partial charge is 0.314 e. The predicted molar refractivity (Wildman–Crippen MR) is 71.1 cm³/mol. The van der Waals surface area contributed by atoms with E-state index in [2.05, 4.69) is 20.6 Å². The van der Waals surface area contributed by atoms with Crippen LogP contribution in [-0.4, -0.2) is 35.6 Å². The molecule has 0 spiro atoms. The van der Waals surface area contributed by atoms with E-state index in [-0.39, 0.29) is 0 Å². The normalized spacial score (nSPS) is 26.2. The lowest BCUT2D eigenvalue weighted by molar-refractivity contribution is 0.165. The first-order valence-electron chi connectivity index (χ1n) is 6.74. The summed E-state index contributed by atoms with van der Waals surface area (Å²) in [5.41, 5.74) is 0. The number of nitrogens with zero attached hydrogens (tertiary/aromatic N) is 2. The molecule has 1 aromatic rings. The van der Waals surface area contributed by atoms with Gasteiger partial charge in [0.15, 0.2) is 0 Å². The predicted octanol–water partition coefficient (Wildman–Crippen LogP) is 2.11. The second-order valence-electron chi connectivity index (χ2n) is 5.35. The number of piperidine rings is 1. The van der Waals surface area contributed by atoms with Crippen molar-refractivity contribution in [1.29, 1.82) is 0 Å². The van der Waals surface area contributed by atoms with E-state index in [0.29, 0.717) is 0 Å². The third-order valence-corrected chi connectivity index (χ3v) is 4.48. The Labute approximate surface area is 107 Å². The zero-order valence-corrected chi connectivity index (χ0v) is 11.1. The van der Waals surface area contributed by atoms with E-state index in [1.807, 2.05) is 6.20 Å². The van der Waals surface area contributed by atoms with E-state index in [1.165, 1.54) is 50.3 Å². The van der Waals surface area contributed by atoms with Gasteiger partial charge in [0.2, 0.25) is 0 Å². The highest BCUT2D eigenvalue weighted by Gasteiger charge is 2.24. The second kappa shape index (κ2) is 5.46. The number of likely N-dealkylation sites (tertiary alicyclic amines) is 1. The maximum atomic E-state index is 4.38. The summed E-state index contributed by atoms with van der Waals surface area (Å²) >= 11 is 1.78. The van der Waals surface area contributed by atoms with Crippen LogP contribution in [0.15, 0.2) is 11.6 Å². The molecule has 0 radical (unpaired) electrons. The average molecular weight is 251 g/mol. The van der Waals surface area contributed by atoms with Crippen LogP contribution in [0.1, 0.15) is 30.7 Å². The summed E-state index contributed by atoms with van der Waals surface area (Å²) in [4.78, 5) is 6.95. The highest BCUT2D eigenvalue weighted by Crippen LogP contribution is 2.22. The minimum absolute atomic E-state index is 0.851. The molecule has 0 aromatic carbocycles. The molecular formula is C13H21N3S. The van der Waals surface area contributed by atoms with Crippen LogP contribution in [0.4, 0.5) is 0 Å². The van der Waals surface area contributed by atoms with Gasteiger partial charge in [0.1, 0.15) is 5.01 Å². The lowest BCUT2D eigenvalue weighted by Crippen LogP contribution is -2.39. The van der Waals surface area contributed by atoms with Gasteiger partial charge in [0.05, 0.1) is 6.54 Å². The van der Waals surface area contributed by atoms with Gasteiger partial charge in [-0.15, -0.1) is 11.3 Å². The first-order chi connectivity index (χ1) is 8.40. The Bertz CT molecular complexity index is 334. The first kappa shape index (κ1) is 11.6. The van der Waals surface area contributed by atoms with Gasteiger partial charge in [0, 0.05) is 24.2 Å². The molecule has 2 fully saturated rings. The monoisotopic (exact) mass is 251 g/mol. The molecule has 3 nitrogen and oxygen atoms in total. The number of rotatable bonds is 5. The zero-order chi connectivity index (χ0) is 11.5. The zero-order valence-electron chi connectivity index (χ0n) is 10.3. The molecule has 0 amide bonds. The Morgan fingerprint density at radius 3 is 3.12 bits per heavy atom. The highest BCUT2D eigenvalue weighted by molar-refractivity contribution is 7.09. The third kappa shape index (κ3) is 3.50. The van der Waals surface area contributed by atoms with Gasteiger partial charge < -0.3 is 5.32 Å². The van der Waals surface area contributed by atoms with E-state index < -0.39 is 0 Å². The fourth-order valence-corrected chi connectivity index (χ4v) is 3.26. The van der Waals surface area contributed by atoms with Crippen LogP contribution in [0.3, 0.4) is 0 Å². The molecule has 2 heterocycles. The molecule has 0 bridgehead atoms. The van der Waals surface area contributed by atoms with Crippen LogP contribution in [0.5, 0.6) is 0 Å². The summed E-state index contributed by atoms with van der Waals surface area (Å²) in [7, 11) is 0. The highest BCUT2D eigenvalue weighted by atomic mass is 32.1. The Balaban J connectivity index is 1.45. The SMILES string of the molecule is c1csc(CN2CCCC(CNC3CC3)C2)n1. The minimum Gasteiger partial charge on any atom is -0.314 e. The Morgan fingerprint density at radius 1 is 1.41 bits per heavy atom. The molecule has 1 saturated carbocycles. The first-order valence-corrected chi connectivity index (χ1v) is 7.62. The van der Waals surface area contributed by atoms with Gasteiger partial charge >= 0.3 is 0 Å². The molecule has 3 rings (SSSR count). The van der Waals surface area contributed by atoms with Crippen LogP contribution < -0.4 is 5.32 Å². The summed E-state index contributed by atoms with van der Waals surface area (Å²) in [6.07, 6.45) is 7.46. The fourth-order valence-electron chi connectivity index (χ4n) is 2.60. The molecule has 17 heavy (non-hydrogen) atoms. The van der Waals surface area contributed by atoms with E-state index in [1.54, 1.807) is 11.3 Å². The van der Waals surface area contributed by atoms with Crippen molar-refractivity contribution in [2.75, 3.05) is 19.6 Å². The molecule has 1 atom stereocenters. The van der Waals surface area contributed by atoms with Gasteiger partial charge in [-0.1, -0.05) is 0 Å². The smallest absolute Gasteiger partial charge is 0.107 e. The summed E-state index contributed by atoms with van der Waals surface area (Å²) in [5.74, 6) is 0.851. The van der Waals surface area contributed by atoms with Gasteiger partial charge in [-0.05, 0) is 44.7 Å². The summed E-state index contributed by atoms with van der Waals surface area (Å²) in [5, 5.41) is 7.01. The van der Waals surface area contributed by atoms with Crippen LogP contribution in [0, 0.1) is 5.92 Å². The summed E-state index contributed by atoms with van der Waals surface area (Å²) in [6, 6.07) is 0.851. The molecule has 2 aliphatic rings. The molecule has 1 aliphatic carbocycles. The number of nitrogens with one attached hydrogen (secondary N) is 1. The van der Waals surface area contributed by atoms with Crippen molar-refractivity contribution >= 4 is 11.3 Å². The number of hydrogen-bond donors (Lipinski definition) is 1. The topological polar surface area (TPSA) is 28.2 Å². The van der Waals surface area contributed by atoms with E-state index in [4.69, 9.17) is 0 Å². The Kier molecular flexibility index (Phi) is 3.74. The maximum Gasteiger partial charge on any atom is 0.107 e. The molecule has 1 aliphatic heterocycles. The number of thiazole rings is 1. The van der Waals surface area contributed by atoms with E-state index >= 15 is 0 Å². The number of hydrogen-bond acceptors (Lipinski definition) is 4. The molecule has 1 unspecified atom stereocenters. The van der Waals surface area contributed by atoms with Gasteiger partial charge in [0.25, 0.3) is 0 Å². The van der Waals surface area contributed by atoms with Crippen molar-refractivity contribution < 1.29 is 0 Å². The van der Waals surface area contributed by atoms with Crippen molar-refractivity contribution in [1.82, 2.24) is 15.2 Å². The maximum absolute atomic E-state index is 4.38. The Morgan fingerprint density at radius 2 is 2.35 bits per heavy atom. The quantitative estimate of drug-likeness (QED) is 0.869. The van der Waals surface area contributed by atoms with Gasteiger partial charge in [-0.3, -0.25) is 4.90 Å². The lowest BCUT2D eigenvalue weighted by atomic mass is 9.98. The van der Waals surface area contributed by atoms with Crippen LogP contribution >= 0.6 is 11.3 Å². The van der Waals surface area contributed by atoms with Crippen molar-refractivity contribution in [3.63, 3.8) is 0 Å². The Hall–Kier alpha value is -0.450. The van der Waals surface area contributed by atoms with Crippen LogP contribution in [-0.2, 0) is 6.54 Å². The minimum atomic E-state index is 0.851. The molecule has 4 heteroatoms. The second-order valence-corrected chi connectivity index (χ2v) is 6.33. The van der Waals surface area contributed by atoms with Crippen molar-refractivity contribution in [3.8, 4) is 0 Å². The van der Waals surface area contributed by atoms with Gasteiger partial charge in [-0.2, -0.15) is 0 Å². The third-order valence-electron chi connectivity index (χ3n) is 3.72. The lowest BCUT2D eigenvalue weighted by Gasteiger charge is -2.32.